The van der Waals surface area contributed by atoms with Crippen molar-refractivity contribution in [3.8, 4) is 0 Å². The minimum absolute atomic E-state index is 0.171. The van der Waals surface area contributed by atoms with E-state index in [-0.39, 0.29) is 19.3 Å². The van der Waals surface area contributed by atoms with Gasteiger partial charge in [-0.1, -0.05) is 13.0 Å². The maximum absolute atomic E-state index is 13.6. The molecule has 8 heteroatoms. The molecule has 8 nitrogen and oxygen atoms in total. The summed E-state index contributed by atoms with van der Waals surface area (Å²) in [5.74, 6) is -1.000. The molecular weight excluding hydrogens is 428 g/mol. The first kappa shape index (κ1) is 22.6. The van der Waals surface area contributed by atoms with Crippen LogP contribution < -0.4 is 0 Å². The molecule has 2 saturated carbocycles. The first-order chi connectivity index (χ1) is 15.5. The van der Waals surface area contributed by atoms with Gasteiger partial charge in [0.25, 0.3) is 0 Å². The Balaban J connectivity index is 1.56. The van der Waals surface area contributed by atoms with Crippen LogP contribution in [-0.2, 0) is 23.8 Å². The summed E-state index contributed by atoms with van der Waals surface area (Å²) >= 11 is 0. The predicted octanol–water partition coefficient (Wildman–Crippen LogP) is 2.98. The Bertz CT molecular complexity index is 1010. The molecule has 2 spiro atoms. The van der Waals surface area contributed by atoms with E-state index in [0.29, 0.717) is 25.0 Å². The summed E-state index contributed by atoms with van der Waals surface area (Å²) in [6, 6.07) is 1.75. The topological polar surface area (TPSA) is 119 Å². The maximum Gasteiger partial charge on any atom is 0.333 e. The highest BCUT2D eigenvalue weighted by atomic mass is 16.6. The molecule has 33 heavy (non-hydrogen) atoms. The summed E-state index contributed by atoms with van der Waals surface area (Å²) in [7, 11) is 0. The van der Waals surface area contributed by atoms with Gasteiger partial charge in [-0.15, -0.1) is 0 Å². The Labute approximate surface area is 192 Å². The molecule has 7 atom stereocenters. The van der Waals surface area contributed by atoms with Crippen molar-refractivity contribution in [2.75, 3.05) is 6.61 Å². The standard InChI is InChI=1S/C25H32O8/c1-5-15(2)19(26)33-18-6-8-25(29)21(3,22(18,4)28)9-10-23(14-31-23)24(25)12-17(32-20(24)27)16-7-11-30-13-16/h5,7,11,13,17-18,28-29H,6,8-10,12,14H2,1-4H3. The van der Waals surface area contributed by atoms with Crippen LogP contribution in [0, 0.1) is 10.8 Å². The molecule has 2 aliphatic carbocycles. The Morgan fingerprint density at radius 3 is 2.58 bits per heavy atom. The Hall–Kier alpha value is -2.16. The molecule has 2 aliphatic heterocycles. The molecule has 3 heterocycles. The van der Waals surface area contributed by atoms with Crippen molar-refractivity contribution in [2.24, 2.45) is 10.8 Å². The number of carbonyl (C=O) groups is 2. The van der Waals surface area contributed by atoms with Gasteiger partial charge in [0.2, 0.25) is 0 Å². The monoisotopic (exact) mass is 460 g/mol. The zero-order valence-electron chi connectivity index (χ0n) is 19.6. The van der Waals surface area contributed by atoms with E-state index >= 15 is 0 Å². The molecule has 0 bridgehead atoms. The molecule has 0 amide bonds. The van der Waals surface area contributed by atoms with E-state index in [9.17, 15) is 19.8 Å². The number of hydrogen-bond donors (Lipinski definition) is 2. The van der Waals surface area contributed by atoms with Crippen LogP contribution in [0.1, 0.15) is 71.5 Å². The van der Waals surface area contributed by atoms with Gasteiger partial charge in [0.05, 0.1) is 24.7 Å². The van der Waals surface area contributed by atoms with Crippen molar-refractivity contribution >= 4 is 11.9 Å². The number of furan rings is 1. The lowest BCUT2D eigenvalue weighted by atomic mass is 9.40. The lowest BCUT2D eigenvalue weighted by Crippen LogP contribution is -2.78. The molecule has 4 fully saturated rings. The number of aliphatic hydroxyl groups is 2. The van der Waals surface area contributed by atoms with Crippen molar-refractivity contribution in [1.29, 1.82) is 0 Å². The lowest BCUT2D eigenvalue weighted by molar-refractivity contribution is -0.311. The van der Waals surface area contributed by atoms with Crippen LogP contribution >= 0.6 is 0 Å². The van der Waals surface area contributed by atoms with Gasteiger partial charge in [-0.25, -0.2) is 4.79 Å². The molecule has 0 aromatic carbocycles. The highest BCUT2D eigenvalue weighted by Gasteiger charge is 2.85. The quantitative estimate of drug-likeness (QED) is 0.401. The lowest BCUT2D eigenvalue weighted by Gasteiger charge is -2.66. The van der Waals surface area contributed by atoms with E-state index in [0.717, 1.165) is 5.56 Å². The van der Waals surface area contributed by atoms with Crippen LogP contribution in [0.3, 0.4) is 0 Å². The third kappa shape index (κ3) is 2.63. The summed E-state index contributed by atoms with van der Waals surface area (Å²) in [6.45, 7) is 7.17. The van der Waals surface area contributed by atoms with E-state index in [2.05, 4.69) is 0 Å². The number of allylic oxidation sites excluding steroid dienone is 1. The highest BCUT2D eigenvalue weighted by molar-refractivity contribution is 5.88. The van der Waals surface area contributed by atoms with Crippen LogP contribution in [0.15, 0.2) is 34.7 Å². The second kappa shape index (κ2) is 6.93. The first-order valence-corrected chi connectivity index (χ1v) is 11.6. The third-order valence-corrected chi connectivity index (χ3v) is 9.44. The predicted molar refractivity (Wildman–Crippen MR) is 115 cm³/mol. The Morgan fingerprint density at radius 1 is 1.24 bits per heavy atom. The number of esters is 2. The van der Waals surface area contributed by atoms with Gasteiger partial charge in [-0.2, -0.15) is 0 Å². The molecule has 1 aromatic heterocycles. The fourth-order valence-electron chi connectivity index (χ4n) is 6.84. The van der Waals surface area contributed by atoms with E-state index < -0.39 is 51.8 Å². The zero-order valence-corrected chi connectivity index (χ0v) is 19.6. The first-order valence-electron chi connectivity index (χ1n) is 11.6. The number of rotatable bonds is 3. The summed E-state index contributed by atoms with van der Waals surface area (Å²) < 4.78 is 22.7. The van der Waals surface area contributed by atoms with Gasteiger partial charge in [0, 0.05) is 23.0 Å². The molecule has 180 valence electrons. The van der Waals surface area contributed by atoms with Crippen LogP contribution in [-0.4, -0.2) is 51.7 Å². The van der Waals surface area contributed by atoms with Crippen molar-refractivity contribution in [2.45, 2.75) is 88.8 Å². The van der Waals surface area contributed by atoms with E-state index in [1.54, 1.807) is 46.1 Å². The van der Waals surface area contributed by atoms with E-state index in [4.69, 9.17) is 18.6 Å². The van der Waals surface area contributed by atoms with Crippen LogP contribution in [0.5, 0.6) is 0 Å². The molecule has 4 aliphatic rings. The van der Waals surface area contributed by atoms with Gasteiger partial charge in [-0.3, -0.25) is 4.79 Å². The van der Waals surface area contributed by atoms with Gasteiger partial charge in [-0.05, 0) is 52.5 Å². The van der Waals surface area contributed by atoms with E-state index in [1.165, 1.54) is 6.26 Å². The molecule has 7 unspecified atom stereocenters. The maximum atomic E-state index is 13.6. The number of carbonyl (C=O) groups excluding carboxylic acids is 2. The second-order valence-electron chi connectivity index (χ2n) is 10.6. The average Bonchev–Trinajstić information content (AvgIpc) is 3.19. The van der Waals surface area contributed by atoms with Crippen LogP contribution in [0.25, 0.3) is 0 Å². The molecule has 1 aromatic rings. The number of hydrogen-bond acceptors (Lipinski definition) is 8. The molecule has 2 N–H and O–H groups in total. The summed E-state index contributed by atoms with van der Waals surface area (Å²) in [5.41, 5.74) is -5.33. The smallest absolute Gasteiger partial charge is 0.333 e. The summed E-state index contributed by atoms with van der Waals surface area (Å²) in [5, 5.41) is 24.4. The van der Waals surface area contributed by atoms with Crippen LogP contribution in [0.4, 0.5) is 0 Å². The number of ether oxygens (including phenoxy) is 3. The van der Waals surface area contributed by atoms with Gasteiger partial charge >= 0.3 is 11.9 Å². The second-order valence-corrected chi connectivity index (χ2v) is 10.6. The fraction of sp³-hybridized carbons (Fsp3) is 0.680. The molecule has 5 rings (SSSR count). The minimum atomic E-state index is -1.62. The number of fused-ring (bicyclic) bond motifs is 3. The van der Waals surface area contributed by atoms with Crippen molar-refractivity contribution in [3.05, 3.63) is 35.8 Å². The van der Waals surface area contributed by atoms with Crippen molar-refractivity contribution < 1.29 is 38.4 Å². The van der Waals surface area contributed by atoms with Crippen molar-refractivity contribution in [1.82, 2.24) is 0 Å². The third-order valence-electron chi connectivity index (χ3n) is 9.44. The average molecular weight is 461 g/mol. The van der Waals surface area contributed by atoms with Crippen molar-refractivity contribution in [3.63, 3.8) is 0 Å². The van der Waals surface area contributed by atoms with Crippen LogP contribution in [0.2, 0.25) is 0 Å². The number of cyclic esters (lactones) is 1. The fourth-order valence-corrected chi connectivity index (χ4v) is 6.84. The van der Waals surface area contributed by atoms with Gasteiger partial charge in [0.15, 0.2) is 0 Å². The Kier molecular flexibility index (Phi) is 4.75. The number of epoxide rings is 1. The minimum Gasteiger partial charge on any atom is -0.472 e. The zero-order chi connectivity index (χ0) is 23.9. The van der Waals surface area contributed by atoms with Gasteiger partial charge in [0.1, 0.15) is 28.8 Å². The normalized spacial score (nSPS) is 46.8. The van der Waals surface area contributed by atoms with Gasteiger partial charge < -0.3 is 28.8 Å². The molecule has 0 radical (unpaired) electrons. The highest BCUT2D eigenvalue weighted by Crippen LogP contribution is 2.74. The largest absolute Gasteiger partial charge is 0.472 e. The Morgan fingerprint density at radius 2 is 1.97 bits per heavy atom. The van der Waals surface area contributed by atoms with E-state index in [1.807, 2.05) is 0 Å². The molecular formula is C25H32O8. The summed E-state index contributed by atoms with van der Waals surface area (Å²) in [4.78, 5) is 26.1. The SMILES string of the molecule is CC=C(C)C(=O)OC1CCC2(O)C(C)(CCC3(CO3)C23CC(c2ccoc2)OC3=O)C1(C)O. The summed E-state index contributed by atoms with van der Waals surface area (Å²) in [6.07, 6.45) is 4.85. The molecule has 2 saturated heterocycles.